The van der Waals surface area contributed by atoms with Gasteiger partial charge in [-0.3, -0.25) is 14.6 Å². The molecule has 0 bridgehead atoms. The zero-order chi connectivity index (χ0) is 27.2. The van der Waals surface area contributed by atoms with Gasteiger partial charge in [-0.15, -0.1) is 10.2 Å². The van der Waals surface area contributed by atoms with Crippen molar-refractivity contribution in [3.05, 3.63) is 62.7 Å². The first-order valence-corrected chi connectivity index (χ1v) is 14.5. The van der Waals surface area contributed by atoms with Crippen LogP contribution in [0.3, 0.4) is 0 Å². The van der Waals surface area contributed by atoms with E-state index in [-0.39, 0.29) is 5.91 Å². The third-order valence-electron chi connectivity index (χ3n) is 6.36. The first kappa shape index (κ1) is 28.0. The van der Waals surface area contributed by atoms with Gasteiger partial charge in [-0.05, 0) is 47.9 Å². The summed E-state index contributed by atoms with van der Waals surface area (Å²) in [6, 6.07) is 11.4. The third kappa shape index (κ3) is 7.16. The minimum absolute atomic E-state index is 0.127. The summed E-state index contributed by atoms with van der Waals surface area (Å²) in [4.78, 5) is 17.8. The molecule has 1 N–H and O–H groups in total. The highest BCUT2D eigenvalue weighted by Crippen LogP contribution is 2.37. The summed E-state index contributed by atoms with van der Waals surface area (Å²) in [5, 5.41) is 14.9. The molecule has 3 heterocycles. The summed E-state index contributed by atoms with van der Waals surface area (Å²) < 4.78 is 12.2. The topological polar surface area (TPSA) is 96.5 Å². The van der Waals surface area contributed by atoms with Gasteiger partial charge in [-0.2, -0.15) is 5.21 Å². The molecule has 2 fully saturated rings. The minimum Gasteiger partial charge on any atom is -0.492 e. The minimum atomic E-state index is -0.127. The fourth-order valence-electron chi connectivity index (χ4n) is 4.28. The highest BCUT2D eigenvalue weighted by Gasteiger charge is 2.32. The average Bonchev–Trinajstić information content (AvgIpc) is 3.55. The van der Waals surface area contributed by atoms with Crippen LogP contribution in [-0.4, -0.2) is 86.7 Å². The van der Waals surface area contributed by atoms with Crippen LogP contribution in [0.2, 0.25) is 10.0 Å². The second kappa shape index (κ2) is 13.2. The second-order valence-electron chi connectivity index (χ2n) is 8.95. The van der Waals surface area contributed by atoms with Crippen molar-refractivity contribution >= 4 is 63.5 Å². The molecule has 0 spiro atoms. The van der Waals surface area contributed by atoms with Crippen LogP contribution in [0.5, 0.6) is 5.75 Å². The lowest BCUT2D eigenvalue weighted by molar-refractivity contribution is -0.122. The van der Waals surface area contributed by atoms with E-state index in [2.05, 4.69) is 25.5 Å². The molecular formula is C26H26Cl2N6O3S2. The summed E-state index contributed by atoms with van der Waals surface area (Å²) in [5.41, 5.74) is 2.62. The van der Waals surface area contributed by atoms with Gasteiger partial charge in [0.25, 0.3) is 5.91 Å². The first-order valence-electron chi connectivity index (χ1n) is 12.5. The van der Waals surface area contributed by atoms with E-state index < -0.39 is 0 Å². The average molecular weight is 606 g/mol. The Hall–Kier alpha value is -2.54. The number of thioether (sulfide) groups is 1. The number of morpholine rings is 1. The molecule has 204 valence electrons. The predicted octanol–water partition coefficient (Wildman–Crippen LogP) is 4.72. The van der Waals surface area contributed by atoms with E-state index in [1.54, 1.807) is 11.0 Å². The van der Waals surface area contributed by atoms with Crippen LogP contribution < -0.4 is 4.74 Å². The summed E-state index contributed by atoms with van der Waals surface area (Å²) >= 11 is 19.2. The molecule has 9 nitrogen and oxygen atoms in total. The summed E-state index contributed by atoms with van der Waals surface area (Å²) in [6.45, 7) is 5.04. The number of hydrogen-bond acceptors (Lipinski definition) is 9. The van der Waals surface area contributed by atoms with Gasteiger partial charge in [-0.1, -0.05) is 64.5 Å². The van der Waals surface area contributed by atoms with E-state index >= 15 is 0 Å². The number of aromatic nitrogens is 4. The molecule has 13 heteroatoms. The molecule has 2 aromatic carbocycles. The van der Waals surface area contributed by atoms with E-state index in [1.165, 1.54) is 11.8 Å². The molecular weight excluding hydrogens is 579 g/mol. The SMILES string of the molecule is O=C1C(=Cc2cc(-c3ccc(Cl)c(Cl)c3)ccc2OCCN2CCOCC2)SC(=S)N1CCCc1nn[nH]n1. The van der Waals surface area contributed by atoms with Crippen molar-refractivity contribution in [3.8, 4) is 16.9 Å². The highest BCUT2D eigenvalue weighted by atomic mass is 35.5. The van der Waals surface area contributed by atoms with Crippen LogP contribution in [0.15, 0.2) is 41.3 Å². The second-order valence-corrected chi connectivity index (χ2v) is 11.4. The van der Waals surface area contributed by atoms with E-state index in [9.17, 15) is 4.79 Å². The van der Waals surface area contributed by atoms with Gasteiger partial charge in [0.15, 0.2) is 5.82 Å². The lowest BCUT2D eigenvalue weighted by atomic mass is 10.0. The monoisotopic (exact) mass is 604 g/mol. The Kier molecular flexibility index (Phi) is 9.49. The number of aromatic amines is 1. The van der Waals surface area contributed by atoms with Crippen molar-refractivity contribution < 1.29 is 14.3 Å². The fraction of sp³-hybridized carbons (Fsp3) is 0.346. The Morgan fingerprint density at radius 1 is 1.10 bits per heavy atom. The van der Waals surface area contributed by atoms with Crippen molar-refractivity contribution in [1.29, 1.82) is 0 Å². The van der Waals surface area contributed by atoms with Crippen LogP contribution in [0, 0.1) is 0 Å². The summed E-state index contributed by atoms with van der Waals surface area (Å²) in [5.74, 6) is 1.17. The number of benzene rings is 2. The number of carbonyl (C=O) groups excluding carboxylic acids is 1. The number of nitrogens with one attached hydrogen (secondary N) is 1. The first-order chi connectivity index (χ1) is 19.0. The van der Waals surface area contributed by atoms with E-state index in [4.69, 9.17) is 44.9 Å². The Labute approximate surface area is 245 Å². The predicted molar refractivity (Wildman–Crippen MR) is 157 cm³/mol. The Morgan fingerprint density at radius 2 is 1.90 bits per heavy atom. The maximum Gasteiger partial charge on any atom is 0.266 e. The molecule has 2 saturated heterocycles. The smallest absolute Gasteiger partial charge is 0.266 e. The number of amides is 1. The number of rotatable bonds is 10. The van der Waals surface area contributed by atoms with Crippen LogP contribution >= 0.6 is 47.2 Å². The van der Waals surface area contributed by atoms with Crippen LogP contribution in [0.4, 0.5) is 0 Å². The summed E-state index contributed by atoms with van der Waals surface area (Å²) in [6.07, 6.45) is 3.12. The van der Waals surface area contributed by atoms with Crippen molar-refractivity contribution in [2.24, 2.45) is 0 Å². The number of aryl methyl sites for hydroxylation is 1. The van der Waals surface area contributed by atoms with E-state index in [1.807, 2.05) is 36.4 Å². The number of halogens is 2. The molecule has 39 heavy (non-hydrogen) atoms. The third-order valence-corrected chi connectivity index (χ3v) is 8.48. The molecule has 0 atom stereocenters. The van der Waals surface area contributed by atoms with Gasteiger partial charge in [0.05, 0.1) is 28.2 Å². The van der Waals surface area contributed by atoms with Crippen molar-refractivity contribution in [2.45, 2.75) is 12.8 Å². The van der Waals surface area contributed by atoms with Gasteiger partial charge in [0.1, 0.15) is 16.7 Å². The molecule has 1 aromatic heterocycles. The van der Waals surface area contributed by atoms with Gasteiger partial charge in [-0.25, -0.2) is 0 Å². The lowest BCUT2D eigenvalue weighted by Crippen LogP contribution is -2.38. The van der Waals surface area contributed by atoms with Gasteiger partial charge in [0.2, 0.25) is 0 Å². The van der Waals surface area contributed by atoms with Gasteiger partial charge in [0, 0.05) is 38.2 Å². The standard InChI is InChI=1S/C26H26Cl2N6O3S2/c27-20-5-3-18(15-21(20)28)17-4-6-22(37-13-10-33-8-11-36-12-9-33)19(14-17)16-23-25(35)34(26(38)39-23)7-1-2-24-29-31-32-30-24/h3-6,14-16H,1-2,7-13H2,(H,29,30,31,32). The molecule has 5 rings (SSSR count). The fourth-order valence-corrected chi connectivity index (χ4v) is 5.87. The summed E-state index contributed by atoms with van der Waals surface area (Å²) in [7, 11) is 0. The molecule has 0 unspecified atom stereocenters. The Balaban J connectivity index is 1.35. The van der Waals surface area contributed by atoms with Gasteiger partial charge < -0.3 is 9.47 Å². The van der Waals surface area contributed by atoms with E-state index in [0.29, 0.717) is 56.8 Å². The highest BCUT2D eigenvalue weighted by molar-refractivity contribution is 8.26. The van der Waals surface area contributed by atoms with Crippen LogP contribution in [0.25, 0.3) is 17.2 Å². The number of nitrogens with zero attached hydrogens (tertiary/aromatic N) is 5. The van der Waals surface area contributed by atoms with Crippen molar-refractivity contribution in [2.75, 3.05) is 46.0 Å². The molecule has 0 aliphatic carbocycles. The number of H-pyrrole nitrogens is 1. The number of ether oxygens (including phenoxy) is 2. The Morgan fingerprint density at radius 3 is 2.67 bits per heavy atom. The maximum atomic E-state index is 13.3. The normalized spacial score (nSPS) is 17.4. The van der Waals surface area contributed by atoms with E-state index in [0.717, 1.165) is 49.5 Å². The lowest BCUT2D eigenvalue weighted by Gasteiger charge is -2.26. The zero-order valence-electron chi connectivity index (χ0n) is 20.9. The molecule has 0 saturated carbocycles. The maximum absolute atomic E-state index is 13.3. The molecule has 2 aliphatic heterocycles. The molecule has 2 aliphatic rings. The van der Waals surface area contributed by atoms with Crippen LogP contribution in [-0.2, 0) is 16.0 Å². The molecule has 1 amide bonds. The van der Waals surface area contributed by atoms with Crippen molar-refractivity contribution in [3.63, 3.8) is 0 Å². The number of tetrazole rings is 1. The number of thiocarbonyl (C=S) groups is 1. The van der Waals surface area contributed by atoms with Crippen LogP contribution in [0.1, 0.15) is 17.8 Å². The largest absolute Gasteiger partial charge is 0.492 e. The Bertz CT molecular complexity index is 1370. The molecule has 0 radical (unpaired) electrons. The quantitative estimate of drug-likeness (QED) is 0.260. The van der Waals surface area contributed by atoms with Crippen molar-refractivity contribution in [1.82, 2.24) is 30.4 Å². The molecule has 3 aromatic rings. The zero-order valence-corrected chi connectivity index (χ0v) is 24.1. The number of hydrogen-bond donors (Lipinski definition) is 1. The van der Waals surface area contributed by atoms with Gasteiger partial charge >= 0.3 is 0 Å². The number of carbonyl (C=O) groups is 1.